The first-order valence-corrected chi connectivity index (χ1v) is 5.10. The molecule has 0 saturated heterocycles. The molecular formula is C10H11BrO3. The Labute approximate surface area is 90.8 Å². The van der Waals surface area contributed by atoms with Crippen LogP contribution >= 0.6 is 15.9 Å². The highest BCUT2D eigenvalue weighted by Gasteiger charge is 2.12. The minimum Gasteiger partial charge on any atom is -0.480 e. The van der Waals surface area contributed by atoms with Crippen molar-refractivity contribution in [1.29, 1.82) is 0 Å². The van der Waals surface area contributed by atoms with Crippen molar-refractivity contribution < 1.29 is 14.6 Å². The molecule has 0 aromatic heterocycles. The zero-order chi connectivity index (χ0) is 10.4. The first-order chi connectivity index (χ1) is 6.70. The van der Waals surface area contributed by atoms with Crippen molar-refractivity contribution >= 4 is 21.9 Å². The van der Waals surface area contributed by atoms with Gasteiger partial charge in [0.15, 0.2) is 0 Å². The summed E-state index contributed by atoms with van der Waals surface area (Å²) in [4.78, 5) is 9.78. The number of rotatable bonds is 5. The molecule has 0 saturated carbocycles. The van der Waals surface area contributed by atoms with E-state index in [9.17, 15) is 4.79 Å². The van der Waals surface area contributed by atoms with Crippen molar-refractivity contribution in [3.8, 4) is 0 Å². The minimum absolute atomic E-state index is 0.171. The molecule has 1 N–H and O–H groups in total. The van der Waals surface area contributed by atoms with Crippen LogP contribution in [0.25, 0.3) is 0 Å². The minimum atomic E-state index is -0.905. The van der Waals surface area contributed by atoms with Crippen molar-refractivity contribution in [2.45, 2.75) is 11.4 Å². The fourth-order valence-corrected chi connectivity index (χ4v) is 1.11. The van der Waals surface area contributed by atoms with E-state index in [-0.39, 0.29) is 6.61 Å². The maximum atomic E-state index is 10.4. The third-order valence-corrected chi connectivity index (χ3v) is 2.30. The normalized spacial score (nSPS) is 12.4. The molecule has 1 atom stereocenters. The first kappa shape index (κ1) is 11.2. The van der Waals surface area contributed by atoms with Crippen LogP contribution in [0, 0.1) is 0 Å². The summed E-state index contributed by atoms with van der Waals surface area (Å²) >= 11 is 2.99. The van der Waals surface area contributed by atoms with E-state index in [0.717, 1.165) is 5.56 Å². The van der Waals surface area contributed by atoms with E-state index in [1.54, 1.807) is 0 Å². The molecule has 0 aliphatic heterocycles. The van der Waals surface area contributed by atoms with Gasteiger partial charge in [-0.25, -0.2) is 0 Å². The van der Waals surface area contributed by atoms with Gasteiger partial charge in [0.2, 0.25) is 0 Å². The van der Waals surface area contributed by atoms with Crippen molar-refractivity contribution in [3.63, 3.8) is 0 Å². The lowest BCUT2D eigenvalue weighted by molar-refractivity contribution is -0.137. The molecule has 0 radical (unpaired) electrons. The number of halogens is 1. The van der Waals surface area contributed by atoms with Crippen LogP contribution in [-0.2, 0) is 16.1 Å². The van der Waals surface area contributed by atoms with Gasteiger partial charge in [-0.15, -0.1) is 0 Å². The summed E-state index contributed by atoms with van der Waals surface area (Å²) in [6, 6.07) is 9.63. The van der Waals surface area contributed by atoms with Crippen molar-refractivity contribution in [2.24, 2.45) is 0 Å². The van der Waals surface area contributed by atoms with Crippen LogP contribution in [-0.4, -0.2) is 22.5 Å². The predicted molar refractivity (Wildman–Crippen MR) is 56.4 cm³/mol. The zero-order valence-electron chi connectivity index (χ0n) is 7.52. The van der Waals surface area contributed by atoms with Gasteiger partial charge in [-0.3, -0.25) is 4.79 Å². The molecule has 0 amide bonds. The summed E-state index contributed by atoms with van der Waals surface area (Å²) in [6.07, 6.45) is 0. The van der Waals surface area contributed by atoms with Crippen LogP contribution in [0.15, 0.2) is 30.3 Å². The van der Waals surface area contributed by atoms with E-state index in [4.69, 9.17) is 9.84 Å². The average molecular weight is 259 g/mol. The highest BCUT2D eigenvalue weighted by Crippen LogP contribution is 2.04. The van der Waals surface area contributed by atoms with Gasteiger partial charge in [0.1, 0.15) is 4.83 Å². The fourth-order valence-electron chi connectivity index (χ4n) is 0.926. The Hall–Kier alpha value is -0.870. The van der Waals surface area contributed by atoms with Crippen LogP contribution < -0.4 is 0 Å². The number of hydrogen-bond donors (Lipinski definition) is 1. The van der Waals surface area contributed by atoms with E-state index in [1.165, 1.54) is 0 Å². The molecule has 0 heterocycles. The molecule has 0 aliphatic carbocycles. The van der Waals surface area contributed by atoms with Gasteiger partial charge in [0.05, 0.1) is 13.2 Å². The second kappa shape index (κ2) is 5.78. The number of ether oxygens (including phenoxy) is 1. The first-order valence-electron chi connectivity index (χ1n) is 4.18. The Morgan fingerprint density at radius 3 is 2.64 bits per heavy atom. The summed E-state index contributed by atoms with van der Waals surface area (Å²) < 4.78 is 5.22. The third kappa shape index (κ3) is 3.89. The number of alkyl halides is 1. The standard InChI is InChI=1S/C10H11BrO3/c11-9(10(12)13)7-14-6-8-4-2-1-3-5-8/h1-5,9H,6-7H2,(H,12,13)/t9-/m0/s1. The zero-order valence-corrected chi connectivity index (χ0v) is 9.11. The Morgan fingerprint density at radius 1 is 1.43 bits per heavy atom. The van der Waals surface area contributed by atoms with Gasteiger partial charge >= 0.3 is 5.97 Å². The molecule has 3 nitrogen and oxygen atoms in total. The second-order valence-electron chi connectivity index (χ2n) is 2.81. The van der Waals surface area contributed by atoms with Crippen LogP contribution in [0.3, 0.4) is 0 Å². The van der Waals surface area contributed by atoms with Crippen LogP contribution in [0.1, 0.15) is 5.56 Å². The summed E-state index contributed by atoms with van der Waals surface area (Å²) in [5.74, 6) is -0.905. The summed E-state index contributed by atoms with van der Waals surface area (Å²) in [7, 11) is 0. The van der Waals surface area contributed by atoms with Crippen molar-refractivity contribution in [1.82, 2.24) is 0 Å². The van der Waals surface area contributed by atoms with E-state index >= 15 is 0 Å². The quantitative estimate of drug-likeness (QED) is 0.823. The summed E-state index contributed by atoms with van der Waals surface area (Å²) in [5.41, 5.74) is 1.04. The molecule has 76 valence electrons. The Bertz CT molecular complexity index is 287. The fraction of sp³-hybridized carbons (Fsp3) is 0.300. The van der Waals surface area contributed by atoms with Crippen LogP contribution in [0.4, 0.5) is 0 Å². The SMILES string of the molecule is O=C(O)[C@@H](Br)COCc1ccccc1. The average Bonchev–Trinajstić information content (AvgIpc) is 2.19. The van der Waals surface area contributed by atoms with Crippen molar-refractivity contribution in [2.75, 3.05) is 6.61 Å². The predicted octanol–water partition coefficient (Wildman–Crippen LogP) is 2.05. The molecule has 4 heteroatoms. The topological polar surface area (TPSA) is 46.5 Å². The molecule has 0 bridgehead atoms. The second-order valence-corrected chi connectivity index (χ2v) is 3.91. The molecule has 14 heavy (non-hydrogen) atoms. The van der Waals surface area contributed by atoms with E-state index in [2.05, 4.69) is 15.9 Å². The lowest BCUT2D eigenvalue weighted by Crippen LogP contribution is -2.19. The number of hydrogen-bond acceptors (Lipinski definition) is 2. The molecule has 1 rings (SSSR count). The van der Waals surface area contributed by atoms with E-state index < -0.39 is 10.8 Å². The van der Waals surface area contributed by atoms with Gasteiger partial charge in [-0.2, -0.15) is 0 Å². The molecule has 0 spiro atoms. The molecule has 0 fully saturated rings. The maximum Gasteiger partial charge on any atom is 0.319 e. The van der Waals surface area contributed by atoms with Crippen LogP contribution in [0.2, 0.25) is 0 Å². The summed E-state index contributed by atoms with van der Waals surface area (Å²) in [6.45, 7) is 0.612. The Kier molecular flexibility index (Phi) is 4.62. The molecule has 1 aromatic carbocycles. The molecular weight excluding hydrogens is 248 g/mol. The van der Waals surface area contributed by atoms with Gasteiger partial charge in [0, 0.05) is 0 Å². The molecule has 0 aliphatic rings. The Balaban J connectivity index is 2.26. The van der Waals surface area contributed by atoms with Gasteiger partial charge in [0.25, 0.3) is 0 Å². The monoisotopic (exact) mass is 258 g/mol. The number of aliphatic carboxylic acids is 1. The highest BCUT2D eigenvalue weighted by atomic mass is 79.9. The Morgan fingerprint density at radius 2 is 2.07 bits per heavy atom. The van der Waals surface area contributed by atoms with Crippen molar-refractivity contribution in [3.05, 3.63) is 35.9 Å². The van der Waals surface area contributed by atoms with Crippen LogP contribution in [0.5, 0.6) is 0 Å². The van der Waals surface area contributed by atoms with Gasteiger partial charge in [-0.05, 0) is 5.56 Å². The summed E-state index contributed by atoms with van der Waals surface area (Å²) in [5, 5.41) is 8.55. The lowest BCUT2D eigenvalue weighted by Gasteiger charge is -2.06. The smallest absolute Gasteiger partial charge is 0.319 e. The third-order valence-electron chi connectivity index (χ3n) is 1.64. The molecule has 1 aromatic rings. The number of benzene rings is 1. The van der Waals surface area contributed by atoms with Gasteiger partial charge in [-0.1, -0.05) is 46.3 Å². The van der Waals surface area contributed by atoms with E-state index in [1.807, 2.05) is 30.3 Å². The number of carbonyl (C=O) groups is 1. The largest absolute Gasteiger partial charge is 0.480 e. The maximum absolute atomic E-state index is 10.4. The number of carboxylic acids is 1. The highest BCUT2D eigenvalue weighted by molar-refractivity contribution is 9.10. The van der Waals surface area contributed by atoms with E-state index in [0.29, 0.717) is 6.61 Å². The molecule has 0 unspecified atom stereocenters. The van der Waals surface area contributed by atoms with Gasteiger partial charge < -0.3 is 9.84 Å². The number of carboxylic acid groups (broad SMARTS) is 1. The lowest BCUT2D eigenvalue weighted by atomic mass is 10.2.